The minimum atomic E-state index is -0.0520. The number of nitrogens with one attached hydrogen (secondary N) is 1. The van der Waals surface area contributed by atoms with Gasteiger partial charge in [-0.15, -0.1) is 0 Å². The van der Waals surface area contributed by atoms with E-state index in [1.165, 1.54) is 0 Å². The Balaban J connectivity index is 2.34. The Morgan fingerprint density at radius 2 is 2.06 bits per heavy atom. The van der Waals surface area contributed by atoms with Crippen LogP contribution in [0.3, 0.4) is 0 Å². The zero-order valence-electron chi connectivity index (χ0n) is 10.3. The first-order chi connectivity index (χ1) is 8.66. The second-order valence-corrected chi connectivity index (χ2v) is 4.41. The van der Waals surface area contributed by atoms with Crippen LogP contribution < -0.4 is 5.56 Å². The van der Waals surface area contributed by atoms with E-state index in [4.69, 9.17) is 0 Å². The fourth-order valence-electron chi connectivity index (χ4n) is 2.19. The Morgan fingerprint density at radius 3 is 2.78 bits per heavy atom. The van der Waals surface area contributed by atoms with Crippen molar-refractivity contribution in [1.82, 2.24) is 14.5 Å². The first-order valence-corrected chi connectivity index (χ1v) is 5.79. The first kappa shape index (κ1) is 10.8. The molecule has 0 saturated carbocycles. The summed E-state index contributed by atoms with van der Waals surface area (Å²) in [5.41, 5.74) is 3.76. The molecule has 1 N–H and O–H groups in total. The summed E-state index contributed by atoms with van der Waals surface area (Å²) in [7, 11) is 0. The number of aryl methyl sites for hydroxylation is 2. The highest BCUT2D eigenvalue weighted by Crippen LogP contribution is 2.20. The minimum absolute atomic E-state index is 0.0520. The van der Waals surface area contributed by atoms with E-state index in [2.05, 4.69) is 9.97 Å². The van der Waals surface area contributed by atoms with Crippen LogP contribution in [0.4, 0.5) is 0 Å². The summed E-state index contributed by atoms with van der Waals surface area (Å²) in [5.74, 6) is 0. The number of pyridine rings is 2. The number of hydrogen-bond donors (Lipinski definition) is 1. The van der Waals surface area contributed by atoms with Crippen LogP contribution in [0.25, 0.3) is 16.6 Å². The Bertz CT molecular complexity index is 766. The number of aromatic nitrogens is 3. The van der Waals surface area contributed by atoms with Crippen molar-refractivity contribution in [2.24, 2.45) is 0 Å². The van der Waals surface area contributed by atoms with Crippen molar-refractivity contribution >= 4 is 10.9 Å². The standard InChI is InChI=1S/C14H13N3O/c1-9-8-17(11-4-3-10(2)16-7-11)12-5-6-15-14(18)13(9)12/h3-8H,1-2H3,(H,15,18). The van der Waals surface area contributed by atoms with E-state index in [-0.39, 0.29) is 5.56 Å². The highest BCUT2D eigenvalue weighted by Gasteiger charge is 2.09. The molecule has 0 radical (unpaired) electrons. The third-order valence-corrected chi connectivity index (χ3v) is 3.09. The predicted octanol–water partition coefficient (Wildman–Crippen LogP) is 2.33. The maximum Gasteiger partial charge on any atom is 0.257 e. The second-order valence-electron chi connectivity index (χ2n) is 4.41. The topological polar surface area (TPSA) is 50.7 Å². The maximum atomic E-state index is 11.8. The number of fused-ring (bicyclic) bond motifs is 1. The highest BCUT2D eigenvalue weighted by atomic mass is 16.1. The molecule has 0 amide bonds. The zero-order valence-corrected chi connectivity index (χ0v) is 10.3. The molecule has 0 unspecified atom stereocenters. The van der Waals surface area contributed by atoms with Crippen LogP contribution in [0.5, 0.6) is 0 Å². The first-order valence-electron chi connectivity index (χ1n) is 5.79. The quantitative estimate of drug-likeness (QED) is 0.708. The largest absolute Gasteiger partial charge is 0.328 e. The molecule has 4 heteroatoms. The molecule has 3 aromatic heterocycles. The van der Waals surface area contributed by atoms with Gasteiger partial charge in [-0.1, -0.05) is 0 Å². The van der Waals surface area contributed by atoms with Gasteiger partial charge in [-0.25, -0.2) is 0 Å². The van der Waals surface area contributed by atoms with Crippen molar-refractivity contribution in [2.45, 2.75) is 13.8 Å². The van der Waals surface area contributed by atoms with Gasteiger partial charge in [-0.3, -0.25) is 9.78 Å². The maximum absolute atomic E-state index is 11.8. The second kappa shape index (κ2) is 3.84. The van der Waals surface area contributed by atoms with Crippen LogP contribution in [0.15, 0.2) is 41.6 Å². The lowest BCUT2D eigenvalue weighted by Gasteiger charge is -2.04. The van der Waals surface area contributed by atoms with E-state index >= 15 is 0 Å². The summed E-state index contributed by atoms with van der Waals surface area (Å²) in [6, 6.07) is 5.87. The Labute approximate surface area is 104 Å². The molecule has 0 aliphatic rings. The summed E-state index contributed by atoms with van der Waals surface area (Å²) >= 11 is 0. The molecule has 3 rings (SSSR count). The third-order valence-electron chi connectivity index (χ3n) is 3.09. The van der Waals surface area contributed by atoms with Crippen molar-refractivity contribution in [3.8, 4) is 5.69 Å². The molecule has 0 aromatic carbocycles. The van der Waals surface area contributed by atoms with Crippen LogP contribution in [-0.2, 0) is 0 Å². The number of aromatic amines is 1. The lowest BCUT2D eigenvalue weighted by Crippen LogP contribution is -2.05. The van der Waals surface area contributed by atoms with Crippen molar-refractivity contribution in [3.63, 3.8) is 0 Å². The van der Waals surface area contributed by atoms with E-state index in [0.29, 0.717) is 0 Å². The molecule has 0 atom stereocenters. The van der Waals surface area contributed by atoms with Crippen molar-refractivity contribution in [2.75, 3.05) is 0 Å². The number of nitrogens with zero attached hydrogens (tertiary/aromatic N) is 2. The smallest absolute Gasteiger partial charge is 0.257 e. The van der Waals surface area contributed by atoms with E-state index < -0.39 is 0 Å². The normalized spacial score (nSPS) is 11.0. The summed E-state index contributed by atoms with van der Waals surface area (Å²) in [5, 5.41) is 0.734. The Morgan fingerprint density at radius 1 is 1.22 bits per heavy atom. The summed E-state index contributed by atoms with van der Waals surface area (Å²) in [4.78, 5) is 18.8. The van der Waals surface area contributed by atoms with Crippen LogP contribution >= 0.6 is 0 Å². The van der Waals surface area contributed by atoms with E-state index in [1.807, 2.05) is 49.0 Å². The van der Waals surface area contributed by atoms with Gasteiger partial charge < -0.3 is 9.55 Å². The fraction of sp³-hybridized carbons (Fsp3) is 0.143. The molecule has 4 nitrogen and oxygen atoms in total. The molecule has 0 aliphatic heterocycles. The van der Waals surface area contributed by atoms with E-state index in [9.17, 15) is 4.79 Å². The fourth-order valence-corrected chi connectivity index (χ4v) is 2.19. The molecule has 0 bridgehead atoms. The van der Waals surface area contributed by atoms with Gasteiger partial charge in [-0.05, 0) is 37.6 Å². The molecule has 0 saturated heterocycles. The molecule has 90 valence electrons. The van der Waals surface area contributed by atoms with Gasteiger partial charge in [0.2, 0.25) is 0 Å². The summed E-state index contributed by atoms with van der Waals surface area (Å²) in [6.07, 6.45) is 5.45. The minimum Gasteiger partial charge on any atom is -0.328 e. The van der Waals surface area contributed by atoms with Gasteiger partial charge in [-0.2, -0.15) is 0 Å². The van der Waals surface area contributed by atoms with Crippen molar-refractivity contribution in [1.29, 1.82) is 0 Å². The van der Waals surface area contributed by atoms with Gasteiger partial charge in [0.1, 0.15) is 0 Å². The van der Waals surface area contributed by atoms with Gasteiger partial charge in [0, 0.05) is 18.1 Å². The molecular weight excluding hydrogens is 226 g/mol. The van der Waals surface area contributed by atoms with Gasteiger partial charge in [0.25, 0.3) is 5.56 Å². The molecule has 18 heavy (non-hydrogen) atoms. The lowest BCUT2D eigenvalue weighted by atomic mass is 10.2. The SMILES string of the molecule is Cc1ccc(-n2cc(C)c3c(=O)[nH]ccc32)cn1. The summed E-state index contributed by atoms with van der Waals surface area (Å²) in [6.45, 7) is 3.89. The molecule has 3 heterocycles. The van der Waals surface area contributed by atoms with Gasteiger partial charge >= 0.3 is 0 Å². The van der Waals surface area contributed by atoms with Crippen LogP contribution in [0.2, 0.25) is 0 Å². The van der Waals surface area contributed by atoms with Crippen molar-refractivity contribution < 1.29 is 0 Å². The Hall–Kier alpha value is -2.36. The van der Waals surface area contributed by atoms with Crippen LogP contribution in [0.1, 0.15) is 11.3 Å². The van der Waals surface area contributed by atoms with Gasteiger partial charge in [0.15, 0.2) is 0 Å². The van der Waals surface area contributed by atoms with Crippen LogP contribution in [0, 0.1) is 13.8 Å². The molecular formula is C14H13N3O. The predicted molar refractivity (Wildman–Crippen MR) is 71.2 cm³/mol. The monoisotopic (exact) mass is 239 g/mol. The molecule has 0 spiro atoms. The average molecular weight is 239 g/mol. The van der Waals surface area contributed by atoms with Gasteiger partial charge in [0.05, 0.1) is 22.8 Å². The number of H-pyrrole nitrogens is 1. The average Bonchev–Trinajstić information content (AvgIpc) is 2.69. The number of rotatable bonds is 1. The number of hydrogen-bond acceptors (Lipinski definition) is 2. The van der Waals surface area contributed by atoms with Crippen molar-refractivity contribution in [3.05, 3.63) is 58.4 Å². The molecule has 0 aliphatic carbocycles. The third kappa shape index (κ3) is 1.54. The Kier molecular flexibility index (Phi) is 2.30. The lowest BCUT2D eigenvalue weighted by molar-refractivity contribution is 1.07. The van der Waals surface area contributed by atoms with Crippen LogP contribution in [-0.4, -0.2) is 14.5 Å². The van der Waals surface area contributed by atoms with E-state index in [0.717, 1.165) is 27.8 Å². The zero-order chi connectivity index (χ0) is 12.7. The highest BCUT2D eigenvalue weighted by molar-refractivity contribution is 5.84. The summed E-state index contributed by atoms with van der Waals surface area (Å²) < 4.78 is 1.99. The molecule has 0 fully saturated rings. The molecule has 3 aromatic rings. The van der Waals surface area contributed by atoms with E-state index in [1.54, 1.807) is 6.20 Å².